The number of carboxylic acid groups (broad SMARTS) is 1. The number of fused-ring (bicyclic) bond motifs is 1. The van der Waals surface area contributed by atoms with Gasteiger partial charge in [-0.05, 0) is 18.1 Å². The summed E-state index contributed by atoms with van der Waals surface area (Å²) >= 11 is 0. The molecule has 0 saturated heterocycles. The van der Waals surface area contributed by atoms with Crippen molar-refractivity contribution in [1.29, 1.82) is 0 Å². The van der Waals surface area contributed by atoms with Crippen molar-refractivity contribution in [2.75, 3.05) is 18.5 Å². The Balaban J connectivity index is 2.38. The average molecular weight is 220 g/mol. The summed E-state index contributed by atoms with van der Waals surface area (Å²) < 4.78 is 0. The van der Waals surface area contributed by atoms with Gasteiger partial charge in [-0.15, -0.1) is 0 Å². The van der Waals surface area contributed by atoms with E-state index in [1.807, 2.05) is 31.3 Å². The van der Waals surface area contributed by atoms with Crippen LogP contribution in [0.25, 0.3) is 0 Å². The molecule has 0 spiro atoms. The van der Waals surface area contributed by atoms with E-state index >= 15 is 0 Å². The lowest BCUT2D eigenvalue weighted by molar-refractivity contribution is -0.139. The molecule has 2 rings (SSSR count). The Morgan fingerprint density at radius 1 is 1.56 bits per heavy atom. The Hall–Kier alpha value is -1.55. The maximum atomic E-state index is 11.0. The second-order valence-electron chi connectivity index (χ2n) is 4.24. The van der Waals surface area contributed by atoms with Gasteiger partial charge in [0.05, 0.1) is 0 Å². The molecule has 0 bridgehead atoms. The second kappa shape index (κ2) is 4.14. The van der Waals surface area contributed by atoms with Crippen LogP contribution < -0.4 is 10.6 Å². The summed E-state index contributed by atoms with van der Waals surface area (Å²) in [6, 6.07) is 7.06. The van der Waals surface area contributed by atoms with Gasteiger partial charge in [0, 0.05) is 25.2 Å². The second-order valence-corrected chi connectivity index (χ2v) is 4.24. The van der Waals surface area contributed by atoms with Crippen molar-refractivity contribution < 1.29 is 9.90 Å². The molecule has 0 aliphatic carbocycles. The van der Waals surface area contributed by atoms with Crippen molar-refractivity contribution in [3.8, 4) is 0 Å². The normalized spacial score (nSPS) is 21.4. The first-order valence-electron chi connectivity index (χ1n) is 5.39. The number of rotatable bonds is 2. The molecule has 4 nitrogen and oxygen atoms in total. The van der Waals surface area contributed by atoms with E-state index in [-0.39, 0.29) is 5.92 Å². The molecular weight excluding hydrogens is 204 g/mol. The maximum Gasteiger partial charge on any atom is 0.321 e. The molecule has 1 aliphatic rings. The van der Waals surface area contributed by atoms with E-state index in [0.29, 0.717) is 0 Å². The number of nitrogens with zero attached hydrogens (tertiary/aromatic N) is 1. The van der Waals surface area contributed by atoms with Crippen LogP contribution in [-0.4, -0.2) is 30.7 Å². The first kappa shape index (κ1) is 11.0. The fraction of sp³-hybridized carbons (Fsp3) is 0.417. The van der Waals surface area contributed by atoms with E-state index in [0.717, 1.165) is 24.2 Å². The van der Waals surface area contributed by atoms with Crippen molar-refractivity contribution in [2.24, 2.45) is 5.73 Å². The van der Waals surface area contributed by atoms with Gasteiger partial charge in [-0.3, -0.25) is 4.79 Å². The molecule has 4 heteroatoms. The van der Waals surface area contributed by atoms with Crippen LogP contribution in [-0.2, 0) is 4.79 Å². The lowest BCUT2D eigenvalue weighted by Crippen LogP contribution is -2.41. The van der Waals surface area contributed by atoms with Crippen LogP contribution in [0.15, 0.2) is 24.3 Å². The van der Waals surface area contributed by atoms with Gasteiger partial charge >= 0.3 is 5.97 Å². The zero-order valence-corrected chi connectivity index (χ0v) is 9.26. The third-order valence-electron chi connectivity index (χ3n) is 3.24. The molecule has 1 heterocycles. The number of carboxylic acids is 1. The number of aliphatic carboxylic acids is 1. The van der Waals surface area contributed by atoms with E-state index in [2.05, 4.69) is 4.90 Å². The number of nitrogens with two attached hydrogens (primary N) is 1. The van der Waals surface area contributed by atoms with Crippen LogP contribution in [0.4, 0.5) is 5.69 Å². The minimum absolute atomic E-state index is 0.0788. The van der Waals surface area contributed by atoms with Gasteiger partial charge in [-0.2, -0.15) is 0 Å². The van der Waals surface area contributed by atoms with E-state index < -0.39 is 12.0 Å². The van der Waals surface area contributed by atoms with Gasteiger partial charge in [-0.25, -0.2) is 0 Å². The lowest BCUT2D eigenvalue weighted by Gasteiger charge is -2.34. The van der Waals surface area contributed by atoms with Crippen LogP contribution in [0, 0.1) is 0 Å². The minimum Gasteiger partial charge on any atom is -0.480 e. The molecule has 1 aromatic carbocycles. The molecule has 2 unspecified atom stereocenters. The summed E-state index contributed by atoms with van der Waals surface area (Å²) in [6.45, 7) is 0.850. The van der Waals surface area contributed by atoms with Gasteiger partial charge in [0.15, 0.2) is 0 Å². The quantitative estimate of drug-likeness (QED) is 0.781. The summed E-state index contributed by atoms with van der Waals surface area (Å²) in [5.74, 6) is -1.01. The minimum atomic E-state index is -0.927. The summed E-state index contributed by atoms with van der Waals surface area (Å²) in [5.41, 5.74) is 7.87. The Kier molecular flexibility index (Phi) is 2.83. The van der Waals surface area contributed by atoms with Gasteiger partial charge in [-0.1, -0.05) is 18.2 Å². The summed E-state index contributed by atoms with van der Waals surface area (Å²) in [5, 5.41) is 8.99. The number of carbonyl (C=O) groups is 1. The third kappa shape index (κ3) is 1.76. The molecule has 0 fully saturated rings. The fourth-order valence-corrected chi connectivity index (χ4v) is 2.30. The van der Waals surface area contributed by atoms with Crippen molar-refractivity contribution in [1.82, 2.24) is 0 Å². The monoisotopic (exact) mass is 220 g/mol. The van der Waals surface area contributed by atoms with E-state index in [9.17, 15) is 4.79 Å². The number of hydrogen-bond acceptors (Lipinski definition) is 3. The van der Waals surface area contributed by atoms with Crippen LogP contribution in [0.3, 0.4) is 0 Å². The molecule has 0 aromatic heterocycles. The van der Waals surface area contributed by atoms with Crippen LogP contribution in [0.2, 0.25) is 0 Å². The Morgan fingerprint density at radius 2 is 2.25 bits per heavy atom. The average Bonchev–Trinajstić information content (AvgIpc) is 2.29. The van der Waals surface area contributed by atoms with Crippen LogP contribution in [0.5, 0.6) is 0 Å². The summed E-state index contributed by atoms with van der Waals surface area (Å²) in [7, 11) is 2.02. The van der Waals surface area contributed by atoms with Gasteiger partial charge in [0.1, 0.15) is 6.04 Å². The highest BCUT2D eigenvalue weighted by atomic mass is 16.4. The maximum absolute atomic E-state index is 11.0. The molecular formula is C12H16N2O2. The molecule has 86 valence electrons. The molecule has 0 radical (unpaired) electrons. The highest BCUT2D eigenvalue weighted by molar-refractivity contribution is 5.76. The largest absolute Gasteiger partial charge is 0.480 e. The number of anilines is 1. The molecule has 16 heavy (non-hydrogen) atoms. The van der Waals surface area contributed by atoms with E-state index in [1.54, 1.807) is 0 Å². The SMILES string of the molecule is CN1CCC(C(N)C(=O)O)c2ccccc21. The van der Waals surface area contributed by atoms with Crippen molar-refractivity contribution in [3.63, 3.8) is 0 Å². The number of hydrogen-bond donors (Lipinski definition) is 2. The number of para-hydroxylation sites is 1. The standard InChI is InChI=1S/C12H16N2O2/c1-14-7-6-9(11(13)12(15)16)8-4-2-3-5-10(8)14/h2-5,9,11H,6-7,13H2,1H3,(H,15,16). The Bertz CT molecular complexity index is 406. The predicted molar refractivity (Wildman–Crippen MR) is 62.7 cm³/mol. The zero-order valence-electron chi connectivity index (χ0n) is 9.26. The summed E-state index contributed by atoms with van der Waals surface area (Å²) in [4.78, 5) is 13.1. The molecule has 3 N–H and O–H groups in total. The van der Waals surface area contributed by atoms with Gasteiger partial charge < -0.3 is 15.7 Å². The topological polar surface area (TPSA) is 66.6 Å². The van der Waals surface area contributed by atoms with Gasteiger partial charge in [0.25, 0.3) is 0 Å². The fourth-order valence-electron chi connectivity index (χ4n) is 2.30. The third-order valence-corrected chi connectivity index (χ3v) is 3.24. The number of benzene rings is 1. The molecule has 1 aromatic rings. The summed E-state index contributed by atoms with van der Waals surface area (Å²) in [6.07, 6.45) is 0.793. The van der Waals surface area contributed by atoms with Crippen LogP contribution >= 0.6 is 0 Å². The highest BCUT2D eigenvalue weighted by Gasteiger charge is 2.31. The lowest BCUT2D eigenvalue weighted by atomic mass is 9.85. The van der Waals surface area contributed by atoms with E-state index in [1.165, 1.54) is 0 Å². The highest BCUT2D eigenvalue weighted by Crippen LogP contribution is 2.35. The predicted octanol–water partition coefficient (Wildman–Crippen LogP) is 1.02. The first-order chi connectivity index (χ1) is 7.61. The molecule has 0 saturated carbocycles. The molecule has 1 aliphatic heterocycles. The first-order valence-corrected chi connectivity index (χ1v) is 5.39. The molecule has 0 amide bonds. The van der Waals surface area contributed by atoms with Crippen LogP contribution in [0.1, 0.15) is 17.9 Å². The van der Waals surface area contributed by atoms with E-state index in [4.69, 9.17) is 10.8 Å². The Morgan fingerprint density at radius 3 is 2.94 bits per heavy atom. The smallest absolute Gasteiger partial charge is 0.321 e. The molecule has 2 atom stereocenters. The van der Waals surface area contributed by atoms with Gasteiger partial charge in [0.2, 0.25) is 0 Å². The Labute approximate surface area is 94.7 Å². The zero-order chi connectivity index (χ0) is 11.7. The van der Waals surface area contributed by atoms with Crippen molar-refractivity contribution in [3.05, 3.63) is 29.8 Å². The van der Waals surface area contributed by atoms with Crippen molar-refractivity contribution in [2.45, 2.75) is 18.4 Å². The van der Waals surface area contributed by atoms with Crippen molar-refractivity contribution >= 4 is 11.7 Å².